The highest BCUT2D eigenvalue weighted by Gasteiger charge is 2.24. The molecule has 296 valence electrons. The van der Waals surface area contributed by atoms with Crippen molar-refractivity contribution in [1.29, 1.82) is 0 Å². The summed E-state index contributed by atoms with van der Waals surface area (Å²) in [6, 6.07) is 75.2. The van der Waals surface area contributed by atoms with Gasteiger partial charge in [0.25, 0.3) is 0 Å². The Balaban J connectivity index is 1.06. The Morgan fingerprint density at radius 2 is 0.778 bits per heavy atom. The fraction of sp³-hybridized carbons (Fsp3) is 0. The zero-order valence-corrected chi connectivity index (χ0v) is 33.9. The first-order valence-electron chi connectivity index (χ1n) is 21.0. The summed E-state index contributed by atoms with van der Waals surface area (Å²) in [5.41, 5.74) is 13.2. The van der Waals surface area contributed by atoms with Crippen LogP contribution >= 0.6 is 0 Å². The summed E-state index contributed by atoms with van der Waals surface area (Å²) >= 11 is 0. The van der Waals surface area contributed by atoms with E-state index in [1.807, 2.05) is 84.9 Å². The Morgan fingerprint density at radius 1 is 0.317 bits per heavy atom. The maximum absolute atomic E-state index is 6.90. The summed E-state index contributed by atoms with van der Waals surface area (Å²) in [5.74, 6) is 1.63. The molecular weight excluding hydrogens is 773 g/mol. The Morgan fingerprint density at radius 3 is 1.40 bits per heavy atom. The van der Waals surface area contributed by atoms with Crippen molar-refractivity contribution in [3.63, 3.8) is 0 Å². The van der Waals surface area contributed by atoms with Crippen LogP contribution < -0.4 is 4.90 Å². The smallest absolute Gasteiger partial charge is 0.167 e. The van der Waals surface area contributed by atoms with E-state index < -0.39 is 0 Å². The van der Waals surface area contributed by atoms with E-state index in [2.05, 4.69) is 138 Å². The standard InChI is InChI=1S/C57H36N4O2/c1-4-14-37(15-5-1)39-24-29-43(30-25-39)61(44-31-26-40(27-32-44)38-16-6-2-7-17-38)49-34-33-47(54-53(49)46-21-11-13-23-51(46)63-54)57-59-55(41-18-8-3-9-19-41)58-56(60-57)42-28-35-52-48(36-42)45-20-10-12-22-50(45)62-52/h1-36H. The molecule has 0 radical (unpaired) electrons. The molecular formula is C57H36N4O2. The molecule has 12 rings (SSSR count). The maximum atomic E-state index is 6.90. The van der Waals surface area contributed by atoms with Gasteiger partial charge in [0.1, 0.15) is 22.3 Å². The van der Waals surface area contributed by atoms with E-state index >= 15 is 0 Å². The molecule has 0 N–H and O–H groups in total. The molecule has 63 heavy (non-hydrogen) atoms. The third-order valence-electron chi connectivity index (χ3n) is 11.8. The minimum atomic E-state index is 0.512. The minimum absolute atomic E-state index is 0.512. The van der Waals surface area contributed by atoms with Crippen LogP contribution in [-0.2, 0) is 0 Å². The van der Waals surface area contributed by atoms with Gasteiger partial charge in [-0.2, -0.15) is 0 Å². The molecule has 0 fully saturated rings. The molecule has 0 aliphatic rings. The summed E-state index contributed by atoms with van der Waals surface area (Å²) < 4.78 is 13.1. The van der Waals surface area contributed by atoms with Crippen LogP contribution in [-0.4, -0.2) is 15.0 Å². The van der Waals surface area contributed by atoms with Crippen LogP contribution in [0.4, 0.5) is 17.1 Å². The van der Waals surface area contributed by atoms with Crippen molar-refractivity contribution in [2.75, 3.05) is 4.90 Å². The Hall–Kier alpha value is -8.61. The summed E-state index contributed by atoms with van der Waals surface area (Å²) in [6.45, 7) is 0. The first-order valence-corrected chi connectivity index (χ1v) is 21.0. The third kappa shape index (κ3) is 6.49. The number of fused-ring (bicyclic) bond motifs is 6. The fourth-order valence-electron chi connectivity index (χ4n) is 8.67. The molecule has 0 saturated carbocycles. The van der Waals surface area contributed by atoms with Gasteiger partial charge in [-0.25, -0.2) is 15.0 Å². The number of benzene rings is 9. The number of rotatable bonds is 8. The van der Waals surface area contributed by atoms with Gasteiger partial charge in [0.2, 0.25) is 0 Å². The van der Waals surface area contributed by atoms with Crippen LogP contribution in [0.5, 0.6) is 0 Å². The molecule has 0 saturated heterocycles. The van der Waals surface area contributed by atoms with Gasteiger partial charge in [-0.05, 0) is 89.0 Å². The normalized spacial score (nSPS) is 11.5. The maximum Gasteiger partial charge on any atom is 0.167 e. The monoisotopic (exact) mass is 808 g/mol. The number of nitrogens with zero attached hydrogens (tertiary/aromatic N) is 4. The van der Waals surface area contributed by atoms with Crippen LogP contribution in [0.3, 0.4) is 0 Å². The van der Waals surface area contributed by atoms with Crippen molar-refractivity contribution in [3.8, 4) is 56.4 Å². The second-order valence-corrected chi connectivity index (χ2v) is 15.6. The number of hydrogen-bond donors (Lipinski definition) is 0. The van der Waals surface area contributed by atoms with Gasteiger partial charge >= 0.3 is 0 Å². The number of hydrogen-bond acceptors (Lipinski definition) is 6. The largest absolute Gasteiger partial charge is 0.456 e. The molecule has 0 aliphatic heterocycles. The van der Waals surface area contributed by atoms with E-state index in [1.54, 1.807) is 0 Å². The van der Waals surface area contributed by atoms with Gasteiger partial charge in [0.15, 0.2) is 17.5 Å². The summed E-state index contributed by atoms with van der Waals surface area (Å²) in [5, 5.41) is 3.99. The second-order valence-electron chi connectivity index (χ2n) is 15.6. The molecule has 0 unspecified atom stereocenters. The van der Waals surface area contributed by atoms with E-state index in [-0.39, 0.29) is 0 Å². The van der Waals surface area contributed by atoms with Crippen molar-refractivity contribution in [2.45, 2.75) is 0 Å². The molecule has 0 spiro atoms. The van der Waals surface area contributed by atoms with Crippen molar-refractivity contribution in [3.05, 3.63) is 218 Å². The average Bonchev–Trinajstić information content (AvgIpc) is 3.94. The Labute approximate surface area is 363 Å². The number of furan rings is 2. The highest BCUT2D eigenvalue weighted by Crippen LogP contribution is 2.46. The van der Waals surface area contributed by atoms with Crippen LogP contribution in [0, 0.1) is 0 Å². The Bertz CT molecular complexity index is 3520. The van der Waals surface area contributed by atoms with Gasteiger partial charge in [-0.15, -0.1) is 0 Å². The molecule has 6 heteroatoms. The van der Waals surface area contributed by atoms with E-state index in [9.17, 15) is 0 Å². The highest BCUT2D eigenvalue weighted by molar-refractivity contribution is 6.17. The molecule has 0 amide bonds. The molecule has 3 heterocycles. The lowest BCUT2D eigenvalue weighted by Crippen LogP contribution is -2.10. The summed E-state index contributed by atoms with van der Waals surface area (Å²) in [7, 11) is 0. The predicted octanol–water partition coefficient (Wildman–Crippen LogP) is 15.5. The number of aromatic nitrogens is 3. The van der Waals surface area contributed by atoms with Gasteiger partial charge in [-0.1, -0.05) is 152 Å². The molecule has 9 aromatic carbocycles. The SMILES string of the molecule is c1ccc(-c2ccc(N(c3ccc(-c4ccccc4)cc3)c3ccc(-c4nc(-c5ccccc5)nc(-c5ccc6oc7ccccc7c6c5)n4)c4oc5ccccc5c34)cc2)cc1. The number of para-hydroxylation sites is 2. The lowest BCUT2D eigenvalue weighted by atomic mass is 10.0. The first kappa shape index (κ1) is 36.3. The van der Waals surface area contributed by atoms with Crippen molar-refractivity contribution in [2.24, 2.45) is 0 Å². The molecule has 0 bridgehead atoms. The third-order valence-corrected chi connectivity index (χ3v) is 11.8. The quantitative estimate of drug-likeness (QED) is 0.152. The summed E-state index contributed by atoms with van der Waals surface area (Å²) in [6.07, 6.45) is 0. The first-order chi connectivity index (χ1) is 31.2. The number of anilines is 3. The second kappa shape index (κ2) is 15.1. The highest BCUT2D eigenvalue weighted by atomic mass is 16.3. The minimum Gasteiger partial charge on any atom is -0.456 e. The topological polar surface area (TPSA) is 68.2 Å². The van der Waals surface area contributed by atoms with Crippen molar-refractivity contribution in [1.82, 2.24) is 15.0 Å². The van der Waals surface area contributed by atoms with E-state index in [1.165, 1.54) is 11.1 Å². The van der Waals surface area contributed by atoms with Gasteiger partial charge in [0, 0.05) is 38.7 Å². The molecule has 6 nitrogen and oxygen atoms in total. The average molecular weight is 809 g/mol. The predicted molar refractivity (Wildman–Crippen MR) is 256 cm³/mol. The van der Waals surface area contributed by atoms with E-state index in [4.69, 9.17) is 23.8 Å². The van der Waals surface area contributed by atoms with Crippen molar-refractivity contribution < 1.29 is 8.83 Å². The van der Waals surface area contributed by atoms with E-state index in [0.29, 0.717) is 23.1 Å². The van der Waals surface area contributed by atoms with Gasteiger partial charge in [0.05, 0.1) is 16.6 Å². The van der Waals surface area contributed by atoms with Gasteiger partial charge < -0.3 is 13.7 Å². The zero-order chi connectivity index (χ0) is 41.7. The van der Waals surface area contributed by atoms with E-state index in [0.717, 1.165) is 83.2 Å². The lowest BCUT2D eigenvalue weighted by molar-refractivity contribution is 0.669. The molecule has 3 aromatic heterocycles. The van der Waals surface area contributed by atoms with Crippen LogP contribution in [0.15, 0.2) is 227 Å². The summed E-state index contributed by atoms with van der Waals surface area (Å²) in [4.78, 5) is 17.8. The molecule has 12 aromatic rings. The Kier molecular flexibility index (Phi) is 8.71. The lowest BCUT2D eigenvalue weighted by Gasteiger charge is -2.27. The van der Waals surface area contributed by atoms with Crippen LogP contribution in [0.2, 0.25) is 0 Å². The van der Waals surface area contributed by atoms with Crippen LogP contribution in [0.25, 0.3) is 100 Å². The van der Waals surface area contributed by atoms with Crippen LogP contribution in [0.1, 0.15) is 0 Å². The van der Waals surface area contributed by atoms with Crippen molar-refractivity contribution >= 4 is 60.9 Å². The zero-order valence-electron chi connectivity index (χ0n) is 33.9. The van der Waals surface area contributed by atoms with Gasteiger partial charge in [-0.3, -0.25) is 0 Å². The molecule has 0 atom stereocenters. The molecule has 0 aliphatic carbocycles. The fourth-order valence-corrected chi connectivity index (χ4v) is 8.67.